The maximum absolute atomic E-state index is 12.6. The van der Waals surface area contributed by atoms with Crippen molar-refractivity contribution >= 4 is 23.9 Å². The molecule has 98 valence electrons. The van der Waals surface area contributed by atoms with Crippen LogP contribution in [-0.4, -0.2) is 18.2 Å². The third-order valence-electron chi connectivity index (χ3n) is 3.25. The molecule has 5 heteroatoms. The summed E-state index contributed by atoms with van der Waals surface area (Å²) in [7, 11) is 0. The molecule has 0 saturated carbocycles. The molecule has 0 N–H and O–H groups in total. The fourth-order valence-electron chi connectivity index (χ4n) is 2.24. The number of hydrogen-bond acceptors (Lipinski definition) is 4. The first-order valence-corrected chi connectivity index (χ1v) is 6.02. The van der Waals surface area contributed by atoms with Gasteiger partial charge < -0.3 is 9.90 Å². The van der Waals surface area contributed by atoms with Gasteiger partial charge in [-0.1, -0.05) is 46.1 Å². The van der Waals surface area contributed by atoms with Gasteiger partial charge in [0.1, 0.15) is 0 Å². The molecule has 1 aliphatic heterocycles. The lowest BCUT2D eigenvalue weighted by molar-refractivity contribution is -0.260. The number of amides is 2. The van der Waals surface area contributed by atoms with E-state index in [2.05, 4.69) is 5.10 Å². The first kappa shape index (κ1) is 12.3. The maximum Gasteiger partial charge on any atom is 0.384 e. The summed E-state index contributed by atoms with van der Waals surface area (Å²) in [5, 5.41) is 15.6. The van der Waals surface area contributed by atoms with Crippen molar-refractivity contribution in [1.82, 2.24) is 4.59 Å². The molecule has 3 rings (SSSR count). The van der Waals surface area contributed by atoms with Gasteiger partial charge in [-0.2, -0.15) is 0 Å². The number of nitrogens with zero attached hydrogens (tertiary/aromatic N) is 2. The average Bonchev–Trinajstić information content (AvgIpc) is 2.49. The molecule has 0 saturated heterocycles. The molecule has 1 aliphatic rings. The quantitative estimate of drug-likeness (QED) is 0.735. The predicted molar refractivity (Wildman–Crippen MR) is 72.0 cm³/mol. The van der Waals surface area contributed by atoms with Crippen molar-refractivity contribution in [2.24, 2.45) is 5.10 Å². The SMILES string of the molecule is O=C([O-])[N+]1(c2ccccc2)N=Cc2ccccc2C1=O. The van der Waals surface area contributed by atoms with Crippen molar-refractivity contribution < 1.29 is 14.7 Å². The Bertz CT molecular complexity index is 725. The molecule has 2 amide bonds. The molecule has 1 atom stereocenters. The molecule has 2 aromatic rings. The molecule has 2 aromatic carbocycles. The summed E-state index contributed by atoms with van der Waals surface area (Å²) < 4.78 is -1.20. The predicted octanol–water partition coefficient (Wildman–Crippen LogP) is 1.53. The van der Waals surface area contributed by atoms with Crippen LogP contribution in [-0.2, 0) is 0 Å². The number of carbonyl (C=O) groups is 2. The number of imide groups is 1. The minimum Gasteiger partial charge on any atom is -0.496 e. The molecule has 0 bridgehead atoms. The Hall–Kier alpha value is -2.79. The van der Waals surface area contributed by atoms with Crippen molar-refractivity contribution in [2.45, 2.75) is 0 Å². The van der Waals surface area contributed by atoms with E-state index in [1.807, 2.05) is 0 Å². The minimum absolute atomic E-state index is 0.239. The van der Waals surface area contributed by atoms with E-state index in [1.54, 1.807) is 54.6 Å². The van der Waals surface area contributed by atoms with Gasteiger partial charge in [0.2, 0.25) is 0 Å². The Kier molecular flexibility index (Phi) is 2.69. The van der Waals surface area contributed by atoms with Crippen molar-refractivity contribution in [3.63, 3.8) is 0 Å². The van der Waals surface area contributed by atoms with Crippen LogP contribution >= 0.6 is 0 Å². The third-order valence-corrected chi connectivity index (χ3v) is 3.25. The lowest BCUT2D eigenvalue weighted by Crippen LogP contribution is -2.61. The molecule has 20 heavy (non-hydrogen) atoms. The number of para-hydroxylation sites is 1. The van der Waals surface area contributed by atoms with E-state index in [9.17, 15) is 14.7 Å². The van der Waals surface area contributed by atoms with Gasteiger partial charge in [-0.05, 0) is 6.07 Å². The highest BCUT2D eigenvalue weighted by molar-refractivity contribution is 6.18. The van der Waals surface area contributed by atoms with Crippen LogP contribution < -0.4 is 9.70 Å². The second-order valence-corrected chi connectivity index (χ2v) is 4.37. The zero-order chi connectivity index (χ0) is 14.2. The van der Waals surface area contributed by atoms with Gasteiger partial charge in [0.15, 0.2) is 5.69 Å². The average molecular weight is 266 g/mol. The summed E-state index contributed by atoms with van der Waals surface area (Å²) in [6.07, 6.45) is -0.188. The van der Waals surface area contributed by atoms with Gasteiger partial charge in [0.05, 0.1) is 11.8 Å². The number of quaternary nitrogens is 1. The minimum atomic E-state index is -1.58. The van der Waals surface area contributed by atoms with Gasteiger partial charge in [-0.25, -0.2) is 4.79 Å². The first-order chi connectivity index (χ1) is 9.66. The fourth-order valence-corrected chi connectivity index (χ4v) is 2.24. The second-order valence-electron chi connectivity index (χ2n) is 4.37. The standard InChI is InChI=1S/C15H10N2O3/c18-14-13-9-5-4-6-11(13)10-16-17(14,15(19)20)12-7-2-1-3-8-12/h1-10H. The lowest BCUT2D eigenvalue weighted by Gasteiger charge is -2.30. The van der Waals surface area contributed by atoms with E-state index >= 15 is 0 Å². The van der Waals surface area contributed by atoms with Crippen LogP contribution in [0.3, 0.4) is 0 Å². The van der Waals surface area contributed by atoms with Crippen molar-refractivity contribution in [3.05, 3.63) is 65.7 Å². The van der Waals surface area contributed by atoms with E-state index in [1.165, 1.54) is 6.21 Å². The van der Waals surface area contributed by atoms with E-state index in [4.69, 9.17) is 0 Å². The maximum atomic E-state index is 12.6. The van der Waals surface area contributed by atoms with Crippen LogP contribution in [0.1, 0.15) is 15.9 Å². The highest BCUT2D eigenvalue weighted by atomic mass is 16.4. The third kappa shape index (κ3) is 1.57. The molecule has 1 heterocycles. The summed E-state index contributed by atoms with van der Waals surface area (Å²) >= 11 is 0. The van der Waals surface area contributed by atoms with Crippen LogP contribution in [0.25, 0.3) is 0 Å². The molecule has 0 radical (unpaired) electrons. The van der Waals surface area contributed by atoms with Gasteiger partial charge >= 0.3 is 5.91 Å². The number of fused-ring (bicyclic) bond motifs is 1. The molecule has 0 spiro atoms. The fraction of sp³-hybridized carbons (Fsp3) is 0. The van der Waals surface area contributed by atoms with Crippen LogP contribution in [0.2, 0.25) is 0 Å². The molecular formula is C15H10N2O3. The van der Waals surface area contributed by atoms with Crippen LogP contribution in [0, 0.1) is 0 Å². The summed E-state index contributed by atoms with van der Waals surface area (Å²) in [6.45, 7) is 0. The summed E-state index contributed by atoms with van der Waals surface area (Å²) in [5.74, 6) is -0.630. The Balaban J connectivity index is 2.26. The zero-order valence-electron chi connectivity index (χ0n) is 10.4. The van der Waals surface area contributed by atoms with E-state index < -0.39 is 16.6 Å². The lowest BCUT2D eigenvalue weighted by atomic mass is 10.0. The van der Waals surface area contributed by atoms with Crippen LogP contribution in [0.5, 0.6) is 0 Å². The van der Waals surface area contributed by atoms with Crippen molar-refractivity contribution in [2.75, 3.05) is 0 Å². The Morgan fingerprint density at radius 1 is 1.00 bits per heavy atom. The Labute approximate surface area is 115 Å². The van der Waals surface area contributed by atoms with Crippen molar-refractivity contribution in [3.8, 4) is 0 Å². The number of benzene rings is 2. The highest BCUT2D eigenvalue weighted by Crippen LogP contribution is 2.30. The van der Waals surface area contributed by atoms with Gasteiger partial charge in [0, 0.05) is 17.7 Å². The second kappa shape index (κ2) is 4.40. The van der Waals surface area contributed by atoms with E-state index in [-0.39, 0.29) is 5.69 Å². The Morgan fingerprint density at radius 3 is 2.35 bits per heavy atom. The normalized spacial score (nSPS) is 20.5. The largest absolute Gasteiger partial charge is 0.496 e. The van der Waals surface area contributed by atoms with E-state index in [0.29, 0.717) is 11.1 Å². The van der Waals surface area contributed by atoms with Crippen LogP contribution in [0.4, 0.5) is 10.5 Å². The number of rotatable bonds is 1. The molecule has 1 unspecified atom stereocenters. The van der Waals surface area contributed by atoms with Gasteiger partial charge in [0.25, 0.3) is 6.09 Å². The summed E-state index contributed by atoms with van der Waals surface area (Å²) in [4.78, 5) is 24.2. The monoisotopic (exact) mass is 266 g/mol. The Morgan fingerprint density at radius 2 is 1.65 bits per heavy atom. The number of carbonyl (C=O) groups excluding carboxylic acids is 2. The van der Waals surface area contributed by atoms with Crippen molar-refractivity contribution in [1.29, 1.82) is 0 Å². The smallest absolute Gasteiger partial charge is 0.384 e. The molecule has 0 aromatic heterocycles. The number of hydrogen-bond donors (Lipinski definition) is 0. The summed E-state index contributed by atoms with van der Waals surface area (Å²) in [5.41, 5.74) is 1.15. The highest BCUT2D eigenvalue weighted by Gasteiger charge is 2.46. The molecule has 0 aliphatic carbocycles. The molecule has 0 fully saturated rings. The summed E-state index contributed by atoms with van der Waals surface area (Å²) in [6, 6.07) is 14.9. The van der Waals surface area contributed by atoms with Crippen LogP contribution in [0.15, 0.2) is 59.7 Å². The first-order valence-electron chi connectivity index (χ1n) is 6.02. The number of carboxylic acid groups (broad SMARTS) is 1. The molecular weight excluding hydrogens is 256 g/mol. The van der Waals surface area contributed by atoms with Gasteiger partial charge in [-0.3, -0.25) is 0 Å². The molecule has 5 nitrogen and oxygen atoms in total. The topological polar surface area (TPSA) is 69.6 Å². The van der Waals surface area contributed by atoms with E-state index in [0.717, 1.165) is 0 Å². The van der Waals surface area contributed by atoms with Gasteiger partial charge in [-0.15, -0.1) is 0 Å². The zero-order valence-corrected chi connectivity index (χ0v) is 10.4.